The molecule has 7 nitrogen and oxygen atoms in total. The number of anilines is 2. The van der Waals surface area contributed by atoms with Crippen molar-refractivity contribution in [3.05, 3.63) is 47.8 Å². The van der Waals surface area contributed by atoms with Gasteiger partial charge in [0.25, 0.3) is 5.91 Å². The van der Waals surface area contributed by atoms with Crippen molar-refractivity contribution >= 4 is 17.5 Å². The Labute approximate surface area is 161 Å². The zero-order chi connectivity index (χ0) is 19.9. The van der Waals surface area contributed by atoms with Gasteiger partial charge in [0.2, 0.25) is 0 Å². The van der Waals surface area contributed by atoms with Crippen LogP contribution in [0.5, 0.6) is 0 Å². The van der Waals surface area contributed by atoms with E-state index in [1.165, 1.54) is 12.4 Å². The first-order chi connectivity index (χ1) is 13.6. The fourth-order valence-corrected chi connectivity index (χ4v) is 3.21. The first-order valence-corrected chi connectivity index (χ1v) is 9.22. The minimum atomic E-state index is -0.895. The number of hydrogen-bond acceptors (Lipinski definition) is 6. The number of piperidine rings is 1. The Morgan fingerprint density at radius 2 is 2.04 bits per heavy atom. The van der Waals surface area contributed by atoms with E-state index in [0.29, 0.717) is 12.4 Å². The number of rotatable bonds is 7. The van der Waals surface area contributed by atoms with Gasteiger partial charge in [-0.3, -0.25) is 4.79 Å². The Bertz CT molecular complexity index is 800. The Hall–Kier alpha value is -2.81. The monoisotopic (exact) mass is 391 g/mol. The van der Waals surface area contributed by atoms with Gasteiger partial charge in [0.05, 0.1) is 0 Å². The molecule has 0 saturated carbocycles. The van der Waals surface area contributed by atoms with Crippen LogP contribution in [-0.4, -0.2) is 53.8 Å². The average molecular weight is 391 g/mol. The van der Waals surface area contributed by atoms with Gasteiger partial charge in [0, 0.05) is 38.9 Å². The molecule has 2 aromatic rings. The topological polar surface area (TPSA) is 90.4 Å². The number of carbonyl (C=O) groups is 1. The van der Waals surface area contributed by atoms with Crippen molar-refractivity contribution in [1.29, 1.82) is 0 Å². The third-order valence-corrected chi connectivity index (χ3v) is 4.66. The quantitative estimate of drug-likeness (QED) is 0.624. The smallest absolute Gasteiger partial charge is 0.257 e. The summed E-state index contributed by atoms with van der Waals surface area (Å²) in [6, 6.07) is 5.10. The van der Waals surface area contributed by atoms with E-state index >= 15 is 0 Å². The number of nitrogens with one attached hydrogen (secondary N) is 2. The van der Waals surface area contributed by atoms with Crippen molar-refractivity contribution in [2.75, 3.05) is 43.0 Å². The molecule has 9 heteroatoms. The highest BCUT2D eigenvalue weighted by Gasteiger charge is 2.20. The summed E-state index contributed by atoms with van der Waals surface area (Å²) in [4.78, 5) is 22.5. The van der Waals surface area contributed by atoms with Crippen LogP contribution in [0, 0.1) is 17.6 Å². The third kappa shape index (κ3) is 4.92. The van der Waals surface area contributed by atoms with Crippen LogP contribution in [0.1, 0.15) is 23.2 Å². The molecule has 0 aliphatic carbocycles. The Morgan fingerprint density at radius 3 is 2.79 bits per heavy atom. The first-order valence-electron chi connectivity index (χ1n) is 9.22. The number of benzene rings is 1. The minimum absolute atomic E-state index is 0.162. The summed E-state index contributed by atoms with van der Waals surface area (Å²) in [5.41, 5.74) is -0.588. The van der Waals surface area contributed by atoms with Crippen LogP contribution in [-0.2, 0) is 0 Å². The summed E-state index contributed by atoms with van der Waals surface area (Å²) >= 11 is 0. The van der Waals surface area contributed by atoms with E-state index in [4.69, 9.17) is 0 Å². The number of halogens is 2. The Balaban J connectivity index is 1.51. The first kappa shape index (κ1) is 19.9. The molecule has 0 bridgehead atoms. The molecule has 1 saturated heterocycles. The molecule has 2 heterocycles. The second-order valence-electron chi connectivity index (χ2n) is 6.68. The molecule has 1 fully saturated rings. The lowest BCUT2D eigenvalue weighted by molar-refractivity contribution is 0.0946. The van der Waals surface area contributed by atoms with E-state index in [9.17, 15) is 18.7 Å². The molecular weight excluding hydrogens is 368 g/mol. The molecular formula is C19H23F2N5O2. The highest BCUT2D eigenvalue weighted by atomic mass is 19.1. The highest BCUT2D eigenvalue weighted by molar-refractivity contribution is 5.94. The second kappa shape index (κ2) is 9.41. The van der Waals surface area contributed by atoms with Crippen LogP contribution in [0.2, 0.25) is 0 Å². The summed E-state index contributed by atoms with van der Waals surface area (Å²) < 4.78 is 27.2. The summed E-state index contributed by atoms with van der Waals surface area (Å²) in [5, 5.41) is 14.9. The fourth-order valence-electron chi connectivity index (χ4n) is 3.21. The molecule has 1 aliphatic rings. The SMILES string of the molecule is O=C(NCCNc1cc(N2CCCC(CO)C2)ncn1)c1c(F)cccc1F. The van der Waals surface area contributed by atoms with Gasteiger partial charge in [-0.25, -0.2) is 18.7 Å². The predicted molar refractivity (Wildman–Crippen MR) is 101 cm³/mol. The van der Waals surface area contributed by atoms with E-state index in [1.54, 1.807) is 6.07 Å². The maximum atomic E-state index is 13.6. The molecule has 1 aromatic heterocycles. The van der Waals surface area contributed by atoms with Gasteiger partial charge in [-0.15, -0.1) is 0 Å². The lowest BCUT2D eigenvalue weighted by Crippen LogP contribution is -2.37. The van der Waals surface area contributed by atoms with Crippen LogP contribution < -0.4 is 15.5 Å². The maximum Gasteiger partial charge on any atom is 0.257 e. The van der Waals surface area contributed by atoms with E-state index in [-0.39, 0.29) is 19.1 Å². The van der Waals surface area contributed by atoms with Crippen LogP contribution >= 0.6 is 0 Å². The van der Waals surface area contributed by atoms with E-state index in [0.717, 1.165) is 43.9 Å². The number of amides is 1. The normalized spacial score (nSPS) is 16.7. The zero-order valence-corrected chi connectivity index (χ0v) is 15.4. The molecule has 28 heavy (non-hydrogen) atoms. The molecule has 150 valence electrons. The number of hydrogen-bond donors (Lipinski definition) is 3. The summed E-state index contributed by atoms with van der Waals surface area (Å²) in [6.45, 7) is 2.28. The average Bonchev–Trinajstić information content (AvgIpc) is 2.71. The van der Waals surface area contributed by atoms with Crippen LogP contribution in [0.25, 0.3) is 0 Å². The number of aromatic nitrogens is 2. The lowest BCUT2D eigenvalue weighted by atomic mass is 9.99. The number of aliphatic hydroxyl groups is 1. The fraction of sp³-hybridized carbons (Fsp3) is 0.421. The van der Waals surface area contributed by atoms with Crippen molar-refractivity contribution in [1.82, 2.24) is 15.3 Å². The van der Waals surface area contributed by atoms with Gasteiger partial charge in [-0.2, -0.15) is 0 Å². The Kier molecular flexibility index (Phi) is 6.70. The number of carbonyl (C=O) groups excluding carboxylic acids is 1. The lowest BCUT2D eigenvalue weighted by Gasteiger charge is -2.32. The van der Waals surface area contributed by atoms with Gasteiger partial charge >= 0.3 is 0 Å². The summed E-state index contributed by atoms with van der Waals surface area (Å²) in [5.74, 6) is -0.990. The van der Waals surface area contributed by atoms with E-state index in [1.807, 2.05) is 0 Å². The van der Waals surface area contributed by atoms with Crippen LogP contribution in [0.4, 0.5) is 20.4 Å². The molecule has 1 aliphatic heterocycles. The van der Waals surface area contributed by atoms with Gasteiger partial charge in [-0.05, 0) is 30.9 Å². The highest BCUT2D eigenvalue weighted by Crippen LogP contribution is 2.22. The van der Waals surface area contributed by atoms with Gasteiger partial charge in [-0.1, -0.05) is 6.07 Å². The minimum Gasteiger partial charge on any atom is -0.396 e. The largest absolute Gasteiger partial charge is 0.396 e. The van der Waals surface area contributed by atoms with Crippen molar-refractivity contribution in [2.45, 2.75) is 12.8 Å². The van der Waals surface area contributed by atoms with E-state index in [2.05, 4.69) is 25.5 Å². The van der Waals surface area contributed by atoms with Crippen LogP contribution in [0.3, 0.4) is 0 Å². The van der Waals surface area contributed by atoms with Gasteiger partial charge < -0.3 is 20.6 Å². The van der Waals surface area contributed by atoms with Crippen molar-refractivity contribution < 1.29 is 18.7 Å². The second-order valence-corrected chi connectivity index (χ2v) is 6.68. The summed E-state index contributed by atoms with van der Waals surface area (Å²) in [7, 11) is 0. The molecule has 1 unspecified atom stereocenters. The standard InChI is InChI=1S/C19H23F2N5O2/c20-14-4-1-5-15(21)18(14)19(28)23-7-6-22-16-9-17(25-12-24-16)26-8-2-3-13(10-26)11-27/h1,4-5,9,12-13,27H,2-3,6-8,10-11H2,(H,23,28)(H,22,24,25). The van der Waals surface area contributed by atoms with Gasteiger partial charge in [0.1, 0.15) is 35.2 Å². The predicted octanol–water partition coefficient (Wildman–Crippen LogP) is 1.81. The van der Waals surface area contributed by atoms with Crippen molar-refractivity contribution in [3.63, 3.8) is 0 Å². The summed E-state index contributed by atoms with van der Waals surface area (Å²) in [6.07, 6.45) is 3.45. The third-order valence-electron chi connectivity index (χ3n) is 4.66. The Morgan fingerprint density at radius 1 is 1.25 bits per heavy atom. The van der Waals surface area contributed by atoms with E-state index < -0.39 is 23.1 Å². The van der Waals surface area contributed by atoms with Gasteiger partial charge in [0.15, 0.2) is 0 Å². The molecule has 0 spiro atoms. The zero-order valence-electron chi connectivity index (χ0n) is 15.4. The molecule has 3 rings (SSSR count). The maximum absolute atomic E-state index is 13.6. The van der Waals surface area contributed by atoms with Crippen molar-refractivity contribution in [2.24, 2.45) is 5.92 Å². The molecule has 1 atom stereocenters. The molecule has 1 aromatic carbocycles. The molecule has 1 amide bonds. The number of nitrogens with zero attached hydrogens (tertiary/aromatic N) is 3. The van der Waals surface area contributed by atoms with Crippen LogP contribution in [0.15, 0.2) is 30.6 Å². The molecule has 0 radical (unpaired) electrons. The van der Waals surface area contributed by atoms with Crippen molar-refractivity contribution in [3.8, 4) is 0 Å². The number of aliphatic hydroxyl groups excluding tert-OH is 1. The molecule has 3 N–H and O–H groups in total.